The maximum atomic E-state index is 12.9. The van der Waals surface area contributed by atoms with Gasteiger partial charge in [0.2, 0.25) is 10.0 Å². The third kappa shape index (κ3) is 4.45. The molecule has 1 aliphatic heterocycles. The van der Waals surface area contributed by atoms with E-state index < -0.39 is 10.0 Å². The molecule has 1 aromatic carbocycles. The van der Waals surface area contributed by atoms with Crippen LogP contribution in [0.15, 0.2) is 29.2 Å². The quantitative estimate of drug-likeness (QED) is 0.788. The van der Waals surface area contributed by atoms with E-state index in [-0.39, 0.29) is 16.8 Å². The minimum atomic E-state index is -3.52. The van der Waals surface area contributed by atoms with Gasteiger partial charge in [-0.25, -0.2) is 8.42 Å². The summed E-state index contributed by atoms with van der Waals surface area (Å²) in [6.07, 6.45) is 3.32. The van der Waals surface area contributed by atoms with Crippen molar-refractivity contribution in [1.29, 1.82) is 0 Å². The van der Waals surface area contributed by atoms with E-state index >= 15 is 0 Å². The van der Waals surface area contributed by atoms with Crippen LogP contribution in [-0.4, -0.2) is 44.3 Å². The van der Waals surface area contributed by atoms with Gasteiger partial charge in [0.1, 0.15) is 0 Å². The normalized spacial score (nSPS) is 25.7. The van der Waals surface area contributed by atoms with Crippen LogP contribution in [0.4, 0.5) is 0 Å². The number of hydrogen-bond donors (Lipinski definition) is 2. The van der Waals surface area contributed by atoms with Crippen molar-refractivity contribution in [2.75, 3.05) is 19.6 Å². The summed E-state index contributed by atoms with van der Waals surface area (Å²) in [7, 11) is -3.52. The minimum absolute atomic E-state index is 0.00156. The highest BCUT2D eigenvalue weighted by molar-refractivity contribution is 7.89. The highest BCUT2D eigenvalue weighted by Crippen LogP contribution is 2.31. The molecule has 26 heavy (non-hydrogen) atoms. The second-order valence-electron chi connectivity index (χ2n) is 8.00. The average molecular weight is 380 g/mol. The first-order valence-corrected chi connectivity index (χ1v) is 10.9. The van der Waals surface area contributed by atoms with E-state index in [1.54, 1.807) is 16.4 Å². The smallest absolute Gasteiger partial charge is 0.251 e. The van der Waals surface area contributed by atoms with Gasteiger partial charge in [0, 0.05) is 31.2 Å². The molecule has 1 amide bonds. The highest BCUT2D eigenvalue weighted by Gasteiger charge is 2.32. The topological polar surface area (TPSA) is 92.5 Å². The molecule has 0 aromatic heterocycles. The summed E-state index contributed by atoms with van der Waals surface area (Å²) in [5.74, 6) is 1.02. The van der Waals surface area contributed by atoms with Crippen molar-refractivity contribution < 1.29 is 13.2 Å². The molecule has 6 nitrogen and oxygen atoms in total. The van der Waals surface area contributed by atoms with Crippen molar-refractivity contribution >= 4 is 15.9 Å². The SMILES string of the molecule is CC1CC(C)CN(S(=O)(=O)c2ccc(C(=O)NCC(N)C3CC3)cc2)C1. The Morgan fingerprint density at radius 2 is 1.77 bits per heavy atom. The Balaban J connectivity index is 1.65. The fourth-order valence-corrected chi connectivity index (χ4v) is 5.41. The van der Waals surface area contributed by atoms with Crippen LogP contribution in [-0.2, 0) is 10.0 Å². The van der Waals surface area contributed by atoms with Crippen LogP contribution < -0.4 is 11.1 Å². The van der Waals surface area contributed by atoms with E-state index in [4.69, 9.17) is 5.73 Å². The van der Waals surface area contributed by atoms with Crippen LogP contribution in [0.3, 0.4) is 0 Å². The average Bonchev–Trinajstić information content (AvgIpc) is 3.43. The first-order chi connectivity index (χ1) is 12.3. The molecule has 1 aliphatic carbocycles. The van der Waals surface area contributed by atoms with Gasteiger partial charge < -0.3 is 11.1 Å². The van der Waals surface area contributed by atoms with Crippen molar-refractivity contribution in [3.63, 3.8) is 0 Å². The molecule has 3 atom stereocenters. The number of carbonyl (C=O) groups is 1. The van der Waals surface area contributed by atoms with Crippen molar-refractivity contribution in [2.24, 2.45) is 23.5 Å². The molecule has 144 valence electrons. The van der Waals surface area contributed by atoms with E-state index in [2.05, 4.69) is 19.2 Å². The lowest BCUT2D eigenvalue weighted by Crippen LogP contribution is -2.42. The maximum Gasteiger partial charge on any atom is 0.251 e. The van der Waals surface area contributed by atoms with Crippen LogP contribution in [0.1, 0.15) is 43.5 Å². The van der Waals surface area contributed by atoms with E-state index in [9.17, 15) is 13.2 Å². The molecular formula is C19H29N3O3S. The molecule has 0 bridgehead atoms. The van der Waals surface area contributed by atoms with Gasteiger partial charge in [-0.1, -0.05) is 13.8 Å². The van der Waals surface area contributed by atoms with Crippen LogP contribution in [0, 0.1) is 17.8 Å². The summed E-state index contributed by atoms with van der Waals surface area (Å²) in [4.78, 5) is 12.5. The molecule has 0 spiro atoms. The Hall–Kier alpha value is -1.44. The zero-order valence-corrected chi connectivity index (χ0v) is 16.3. The lowest BCUT2D eigenvalue weighted by molar-refractivity contribution is 0.0950. The number of carbonyl (C=O) groups excluding carboxylic acids is 1. The van der Waals surface area contributed by atoms with Crippen LogP contribution >= 0.6 is 0 Å². The first-order valence-electron chi connectivity index (χ1n) is 9.41. The fraction of sp³-hybridized carbons (Fsp3) is 0.632. The maximum absolute atomic E-state index is 12.9. The van der Waals surface area contributed by atoms with Crippen LogP contribution in [0.2, 0.25) is 0 Å². The van der Waals surface area contributed by atoms with Crippen molar-refractivity contribution in [1.82, 2.24) is 9.62 Å². The molecular weight excluding hydrogens is 350 g/mol. The zero-order chi connectivity index (χ0) is 18.9. The van der Waals surface area contributed by atoms with Gasteiger partial charge in [-0.3, -0.25) is 4.79 Å². The number of piperidine rings is 1. The molecule has 1 heterocycles. The standard InChI is InChI=1S/C19H29N3O3S/c1-13-9-14(2)12-22(11-13)26(24,25)17-7-5-16(6-8-17)19(23)21-10-18(20)15-3-4-15/h5-8,13-15,18H,3-4,9-12,20H2,1-2H3,(H,21,23). The first kappa shape index (κ1) is 19.3. The molecule has 1 aromatic rings. The number of sulfonamides is 1. The Morgan fingerprint density at radius 1 is 1.19 bits per heavy atom. The predicted molar refractivity (Wildman–Crippen MR) is 101 cm³/mol. The summed E-state index contributed by atoms with van der Waals surface area (Å²) < 4.78 is 27.3. The molecule has 1 saturated carbocycles. The summed E-state index contributed by atoms with van der Waals surface area (Å²) in [6, 6.07) is 6.19. The molecule has 3 unspecified atom stereocenters. The van der Waals surface area contributed by atoms with Gasteiger partial charge in [-0.2, -0.15) is 4.31 Å². The van der Waals surface area contributed by atoms with E-state index in [0.717, 1.165) is 19.3 Å². The molecule has 0 radical (unpaired) electrons. The molecule has 2 aliphatic rings. The summed E-state index contributed by atoms with van der Waals surface area (Å²) in [5, 5.41) is 2.83. The Labute approximate surface area is 156 Å². The number of nitrogens with two attached hydrogens (primary N) is 1. The second-order valence-corrected chi connectivity index (χ2v) is 9.94. The molecule has 1 saturated heterocycles. The fourth-order valence-electron chi connectivity index (χ4n) is 3.73. The number of hydrogen-bond acceptors (Lipinski definition) is 4. The molecule has 3 rings (SSSR count). The lowest BCUT2D eigenvalue weighted by Gasteiger charge is -2.34. The highest BCUT2D eigenvalue weighted by atomic mass is 32.2. The third-order valence-electron chi connectivity index (χ3n) is 5.32. The van der Waals surface area contributed by atoms with Crippen molar-refractivity contribution in [3.8, 4) is 0 Å². The number of nitrogens with one attached hydrogen (secondary N) is 1. The Kier molecular flexibility index (Phi) is 5.69. The van der Waals surface area contributed by atoms with Gasteiger partial charge in [0.15, 0.2) is 0 Å². The second kappa shape index (κ2) is 7.66. The van der Waals surface area contributed by atoms with E-state index in [1.807, 2.05) is 0 Å². The molecule has 7 heteroatoms. The Morgan fingerprint density at radius 3 is 2.31 bits per heavy atom. The lowest BCUT2D eigenvalue weighted by atomic mass is 9.94. The number of nitrogens with zero attached hydrogens (tertiary/aromatic N) is 1. The number of benzene rings is 1. The summed E-state index contributed by atoms with van der Waals surface area (Å²) >= 11 is 0. The van der Waals surface area contributed by atoms with Crippen LogP contribution in [0.25, 0.3) is 0 Å². The monoisotopic (exact) mass is 379 g/mol. The Bertz CT molecular complexity index is 734. The molecule has 3 N–H and O–H groups in total. The summed E-state index contributed by atoms with van der Waals surface area (Å²) in [5.41, 5.74) is 6.44. The van der Waals surface area contributed by atoms with Gasteiger partial charge in [0.05, 0.1) is 4.90 Å². The van der Waals surface area contributed by atoms with Gasteiger partial charge in [0.25, 0.3) is 5.91 Å². The van der Waals surface area contributed by atoms with Crippen molar-refractivity contribution in [3.05, 3.63) is 29.8 Å². The third-order valence-corrected chi connectivity index (χ3v) is 7.16. The zero-order valence-electron chi connectivity index (χ0n) is 15.5. The minimum Gasteiger partial charge on any atom is -0.350 e. The molecule has 2 fully saturated rings. The van der Waals surface area contributed by atoms with Crippen molar-refractivity contribution in [2.45, 2.75) is 44.0 Å². The van der Waals surface area contributed by atoms with E-state index in [1.165, 1.54) is 12.1 Å². The summed E-state index contributed by atoms with van der Waals surface area (Å²) in [6.45, 7) is 5.71. The van der Waals surface area contributed by atoms with Gasteiger partial charge >= 0.3 is 0 Å². The van der Waals surface area contributed by atoms with Gasteiger partial charge in [-0.05, 0) is 61.3 Å². The largest absolute Gasteiger partial charge is 0.350 e. The van der Waals surface area contributed by atoms with E-state index in [0.29, 0.717) is 43.0 Å². The van der Waals surface area contributed by atoms with Gasteiger partial charge in [-0.15, -0.1) is 0 Å². The van der Waals surface area contributed by atoms with Crippen LogP contribution in [0.5, 0.6) is 0 Å². The number of rotatable bonds is 6. The number of amides is 1. The predicted octanol–water partition coefficient (Wildman–Crippen LogP) is 1.82.